The fourth-order valence-electron chi connectivity index (χ4n) is 2.98. The third-order valence-electron chi connectivity index (χ3n) is 4.21. The van der Waals surface area contributed by atoms with E-state index in [-0.39, 0.29) is 18.6 Å². The molecule has 27 heavy (non-hydrogen) atoms. The molecule has 6 nitrogen and oxygen atoms in total. The molecule has 0 bridgehead atoms. The summed E-state index contributed by atoms with van der Waals surface area (Å²) in [5.74, 6) is 0.318. The molecule has 0 unspecified atom stereocenters. The van der Waals surface area contributed by atoms with Gasteiger partial charge in [0.25, 0.3) is 5.91 Å². The second-order valence-corrected chi connectivity index (χ2v) is 7.36. The molecule has 0 radical (unpaired) electrons. The van der Waals surface area contributed by atoms with Gasteiger partial charge in [0.2, 0.25) is 0 Å². The predicted molar refractivity (Wildman–Crippen MR) is 104 cm³/mol. The van der Waals surface area contributed by atoms with Crippen molar-refractivity contribution in [3.05, 3.63) is 45.7 Å². The second kappa shape index (κ2) is 8.76. The first-order chi connectivity index (χ1) is 12.9. The van der Waals surface area contributed by atoms with E-state index in [0.717, 1.165) is 24.2 Å². The minimum absolute atomic E-state index is 0.0892. The van der Waals surface area contributed by atoms with Crippen LogP contribution in [0, 0.1) is 13.8 Å². The van der Waals surface area contributed by atoms with E-state index in [4.69, 9.17) is 32.7 Å². The Hall–Kier alpha value is -2.05. The van der Waals surface area contributed by atoms with Crippen LogP contribution >= 0.6 is 23.2 Å². The molecule has 1 amide bonds. The number of nitrogens with zero attached hydrogens (tertiary/aromatic N) is 3. The van der Waals surface area contributed by atoms with Crippen LogP contribution in [-0.4, -0.2) is 46.6 Å². The van der Waals surface area contributed by atoms with Gasteiger partial charge in [0.15, 0.2) is 6.61 Å². The van der Waals surface area contributed by atoms with Crippen LogP contribution in [0.1, 0.15) is 24.2 Å². The molecule has 1 aliphatic rings. The summed E-state index contributed by atoms with van der Waals surface area (Å²) in [6, 6.07) is 7.15. The SMILES string of the molecule is Cc1cc(C)nc(O[C@@H]2CCCN(C(=O)COc3ccc(Cl)cc3Cl)C2)n1. The summed E-state index contributed by atoms with van der Waals surface area (Å²) >= 11 is 11.9. The number of carbonyl (C=O) groups excluding carboxylic acids is 1. The molecule has 2 aromatic rings. The van der Waals surface area contributed by atoms with Crippen molar-refractivity contribution in [1.82, 2.24) is 14.9 Å². The molecule has 8 heteroatoms. The Kier molecular flexibility index (Phi) is 6.39. The Morgan fingerprint density at radius 3 is 2.67 bits per heavy atom. The molecule has 1 fully saturated rings. The molecule has 0 aliphatic carbocycles. The zero-order valence-corrected chi connectivity index (χ0v) is 16.8. The molecule has 2 heterocycles. The lowest BCUT2D eigenvalue weighted by molar-refractivity contribution is -0.136. The van der Waals surface area contributed by atoms with Crippen molar-refractivity contribution >= 4 is 29.1 Å². The first-order valence-corrected chi connectivity index (χ1v) is 9.51. The van der Waals surface area contributed by atoms with E-state index in [1.54, 1.807) is 23.1 Å². The molecule has 1 aromatic heterocycles. The minimum Gasteiger partial charge on any atom is -0.482 e. The normalized spacial score (nSPS) is 16.9. The molecule has 1 saturated heterocycles. The van der Waals surface area contributed by atoms with Crippen LogP contribution in [0.5, 0.6) is 11.8 Å². The quantitative estimate of drug-likeness (QED) is 0.749. The van der Waals surface area contributed by atoms with Crippen molar-refractivity contribution in [2.24, 2.45) is 0 Å². The third-order valence-corrected chi connectivity index (χ3v) is 4.74. The number of halogens is 2. The molecular formula is C19H21Cl2N3O3. The van der Waals surface area contributed by atoms with Crippen molar-refractivity contribution in [3.63, 3.8) is 0 Å². The maximum Gasteiger partial charge on any atom is 0.317 e. The van der Waals surface area contributed by atoms with Crippen LogP contribution < -0.4 is 9.47 Å². The van der Waals surface area contributed by atoms with E-state index < -0.39 is 0 Å². The van der Waals surface area contributed by atoms with Crippen molar-refractivity contribution in [3.8, 4) is 11.8 Å². The lowest BCUT2D eigenvalue weighted by Gasteiger charge is -2.32. The van der Waals surface area contributed by atoms with E-state index in [1.807, 2.05) is 19.9 Å². The molecule has 1 atom stereocenters. The fraction of sp³-hybridized carbons (Fsp3) is 0.421. The van der Waals surface area contributed by atoms with Gasteiger partial charge in [-0.05, 0) is 51.0 Å². The van der Waals surface area contributed by atoms with Crippen LogP contribution in [0.2, 0.25) is 10.0 Å². The zero-order chi connectivity index (χ0) is 19.4. The standard InChI is InChI=1S/C19H21Cl2N3O3/c1-12-8-13(2)23-19(22-12)27-15-4-3-7-24(10-15)18(25)11-26-17-6-5-14(20)9-16(17)21/h5-6,8-9,15H,3-4,7,10-11H2,1-2H3/t15-/m1/s1. The van der Waals surface area contributed by atoms with Crippen LogP contribution in [0.4, 0.5) is 0 Å². The average molecular weight is 410 g/mol. The number of piperidine rings is 1. The highest BCUT2D eigenvalue weighted by Crippen LogP contribution is 2.27. The lowest BCUT2D eigenvalue weighted by Crippen LogP contribution is -2.46. The Morgan fingerprint density at radius 2 is 1.96 bits per heavy atom. The summed E-state index contributed by atoms with van der Waals surface area (Å²) in [5.41, 5.74) is 1.71. The molecule has 144 valence electrons. The summed E-state index contributed by atoms with van der Waals surface area (Å²) in [7, 11) is 0. The Bertz CT molecular complexity index is 812. The topological polar surface area (TPSA) is 64.5 Å². The van der Waals surface area contributed by atoms with Gasteiger partial charge in [-0.25, -0.2) is 9.97 Å². The number of aromatic nitrogens is 2. The summed E-state index contributed by atoms with van der Waals surface area (Å²) in [4.78, 5) is 22.8. The lowest BCUT2D eigenvalue weighted by atomic mass is 10.1. The van der Waals surface area contributed by atoms with Crippen LogP contribution in [0.15, 0.2) is 24.3 Å². The van der Waals surface area contributed by atoms with Gasteiger partial charge in [0, 0.05) is 23.0 Å². The first-order valence-electron chi connectivity index (χ1n) is 8.75. The number of likely N-dealkylation sites (tertiary alicyclic amines) is 1. The van der Waals surface area contributed by atoms with E-state index in [2.05, 4.69) is 9.97 Å². The third kappa shape index (κ3) is 5.47. The van der Waals surface area contributed by atoms with Gasteiger partial charge in [-0.15, -0.1) is 0 Å². The number of ether oxygens (including phenoxy) is 2. The number of hydrogen-bond donors (Lipinski definition) is 0. The molecule has 1 aliphatic heterocycles. The van der Waals surface area contributed by atoms with Gasteiger partial charge >= 0.3 is 6.01 Å². The minimum atomic E-state index is -0.136. The van der Waals surface area contributed by atoms with E-state index in [1.165, 1.54) is 0 Å². The Balaban J connectivity index is 1.56. The van der Waals surface area contributed by atoms with Gasteiger partial charge in [-0.1, -0.05) is 23.2 Å². The predicted octanol–water partition coefficient (Wildman–Crippen LogP) is 3.85. The molecule has 0 saturated carbocycles. The number of carbonyl (C=O) groups is 1. The number of rotatable bonds is 5. The van der Waals surface area contributed by atoms with Gasteiger partial charge < -0.3 is 14.4 Å². The monoisotopic (exact) mass is 409 g/mol. The van der Waals surface area contributed by atoms with Crippen LogP contribution in [0.3, 0.4) is 0 Å². The summed E-state index contributed by atoms with van der Waals surface area (Å²) in [6.45, 7) is 4.86. The summed E-state index contributed by atoms with van der Waals surface area (Å²) < 4.78 is 11.4. The highest BCUT2D eigenvalue weighted by atomic mass is 35.5. The Morgan fingerprint density at radius 1 is 1.22 bits per heavy atom. The maximum absolute atomic E-state index is 12.5. The molecule has 0 N–H and O–H groups in total. The number of benzene rings is 1. The maximum atomic E-state index is 12.5. The van der Waals surface area contributed by atoms with Gasteiger partial charge in [0.1, 0.15) is 11.9 Å². The van der Waals surface area contributed by atoms with Crippen LogP contribution in [-0.2, 0) is 4.79 Å². The Labute approximate surface area is 168 Å². The number of hydrogen-bond acceptors (Lipinski definition) is 5. The van der Waals surface area contributed by atoms with E-state index in [9.17, 15) is 4.79 Å². The van der Waals surface area contributed by atoms with Gasteiger partial charge in [0.05, 0.1) is 11.6 Å². The highest BCUT2D eigenvalue weighted by Gasteiger charge is 2.26. The zero-order valence-electron chi connectivity index (χ0n) is 15.2. The number of amides is 1. The smallest absolute Gasteiger partial charge is 0.317 e. The largest absolute Gasteiger partial charge is 0.482 e. The summed E-state index contributed by atoms with van der Waals surface area (Å²) in [6.07, 6.45) is 1.57. The second-order valence-electron chi connectivity index (χ2n) is 6.52. The van der Waals surface area contributed by atoms with Crippen molar-refractivity contribution in [2.45, 2.75) is 32.8 Å². The van der Waals surface area contributed by atoms with Gasteiger partial charge in [-0.3, -0.25) is 4.79 Å². The van der Waals surface area contributed by atoms with Crippen molar-refractivity contribution in [2.75, 3.05) is 19.7 Å². The van der Waals surface area contributed by atoms with E-state index in [0.29, 0.717) is 34.9 Å². The average Bonchev–Trinajstić information content (AvgIpc) is 2.60. The summed E-state index contributed by atoms with van der Waals surface area (Å²) in [5, 5.41) is 0.894. The molecule has 1 aromatic carbocycles. The van der Waals surface area contributed by atoms with Crippen molar-refractivity contribution in [1.29, 1.82) is 0 Å². The molecule has 3 rings (SSSR count). The van der Waals surface area contributed by atoms with Crippen LogP contribution in [0.25, 0.3) is 0 Å². The highest BCUT2D eigenvalue weighted by molar-refractivity contribution is 6.35. The molecular weight excluding hydrogens is 389 g/mol. The van der Waals surface area contributed by atoms with Gasteiger partial charge in [-0.2, -0.15) is 0 Å². The number of aryl methyl sites for hydroxylation is 2. The molecule has 0 spiro atoms. The fourth-order valence-corrected chi connectivity index (χ4v) is 3.44. The van der Waals surface area contributed by atoms with Crippen molar-refractivity contribution < 1.29 is 14.3 Å². The van der Waals surface area contributed by atoms with E-state index >= 15 is 0 Å². The first kappa shape index (κ1) is 19.7.